The Labute approximate surface area is 154 Å². The molecule has 7 heteroatoms. The quantitative estimate of drug-likeness (QED) is 0.768. The lowest BCUT2D eigenvalue weighted by atomic mass is 10.1. The van der Waals surface area contributed by atoms with E-state index in [1.165, 1.54) is 17.0 Å². The van der Waals surface area contributed by atoms with Crippen LogP contribution in [0.3, 0.4) is 0 Å². The largest absolute Gasteiger partial charge is 0.497 e. The molecule has 0 heterocycles. The van der Waals surface area contributed by atoms with Gasteiger partial charge in [-0.05, 0) is 36.2 Å². The normalized spacial score (nSPS) is 11.0. The van der Waals surface area contributed by atoms with Crippen molar-refractivity contribution < 1.29 is 17.9 Å². The fourth-order valence-electron chi connectivity index (χ4n) is 2.50. The molecule has 0 bridgehead atoms. The van der Waals surface area contributed by atoms with Crippen LogP contribution >= 0.6 is 0 Å². The monoisotopic (exact) mass is 376 g/mol. The lowest BCUT2D eigenvalue weighted by molar-refractivity contribution is -0.116. The number of sulfonamides is 1. The maximum atomic E-state index is 12.2. The van der Waals surface area contributed by atoms with E-state index in [9.17, 15) is 13.2 Å². The molecular weight excluding hydrogens is 352 g/mol. The van der Waals surface area contributed by atoms with Crippen molar-refractivity contribution in [2.45, 2.75) is 19.8 Å². The van der Waals surface area contributed by atoms with E-state index in [2.05, 4.69) is 12.2 Å². The van der Waals surface area contributed by atoms with Crippen LogP contribution in [0.25, 0.3) is 0 Å². The highest BCUT2D eigenvalue weighted by Gasteiger charge is 2.19. The number of ether oxygens (including phenoxy) is 1. The first-order valence-corrected chi connectivity index (χ1v) is 10.2. The number of benzene rings is 2. The Bertz CT molecular complexity index is 848. The van der Waals surface area contributed by atoms with E-state index >= 15 is 0 Å². The van der Waals surface area contributed by atoms with Crippen molar-refractivity contribution in [3.63, 3.8) is 0 Å². The van der Waals surface area contributed by atoms with Crippen LogP contribution in [0.5, 0.6) is 5.75 Å². The summed E-state index contributed by atoms with van der Waals surface area (Å²) in [6.07, 6.45) is 2.09. The Hall–Kier alpha value is -2.54. The first kappa shape index (κ1) is 19.8. The molecule has 0 aromatic heterocycles. The molecule has 0 aliphatic heterocycles. The SMILES string of the molecule is CCc1ccc(NC(=O)CCN(c2cccc(OC)c2)S(C)(=O)=O)cc1. The Morgan fingerprint density at radius 1 is 1.15 bits per heavy atom. The van der Waals surface area contributed by atoms with Crippen LogP contribution in [0.4, 0.5) is 11.4 Å². The third-order valence-electron chi connectivity index (χ3n) is 3.93. The summed E-state index contributed by atoms with van der Waals surface area (Å²) in [6, 6.07) is 14.3. The van der Waals surface area contributed by atoms with Crippen molar-refractivity contribution in [1.29, 1.82) is 0 Å². The maximum absolute atomic E-state index is 12.2. The van der Waals surface area contributed by atoms with E-state index in [-0.39, 0.29) is 18.9 Å². The molecule has 140 valence electrons. The van der Waals surface area contributed by atoms with Crippen LogP contribution in [0.1, 0.15) is 18.9 Å². The number of hydrogen-bond donors (Lipinski definition) is 1. The molecular formula is C19H24N2O4S. The number of anilines is 2. The number of amides is 1. The number of hydrogen-bond acceptors (Lipinski definition) is 4. The standard InChI is InChI=1S/C19H24N2O4S/c1-4-15-8-10-16(11-9-15)20-19(22)12-13-21(26(3,23)24)17-6-5-7-18(14-17)25-2/h5-11,14H,4,12-13H2,1-3H3,(H,20,22). The predicted octanol–water partition coefficient (Wildman–Crippen LogP) is 3.05. The van der Waals surface area contributed by atoms with Crippen molar-refractivity contribution in [1.82, 2.24) is 0 Å². The van der Waals surface area contributed by atoms with Gasteiger partial charge >= 0.3 is 0 Å². The van der Waals surface area contributed by atoms with E-state index < -0.39 is 10.0 Å². The van der Waals surface area contributed by atoms with E-state index in [0.29, 0.717) is 17.1 Å². The van der Waals surface area contributed by atoms with E-state index in [1.807, 2.05) is 24.3 Å². The Balaban J connectivity index is 2.05. The maximum Gasteiger partial charge on any atom is 0.232 e. The lowest BCUT2D eigenvalue weighted by Gasteiger charge is -2.22. The second kappa shape index (κ2) is 8.71. The summed E-state index contributed by atoms with van der Waals surface area (Å²) in [6.45, 7) is 2.11. The molecule has 0 unspecified atom stereocenters. The van der Waals surface area contributed by atoms with Gasteiger partial charge in [-0.2, -0.15) is 0 Å². The molecule has 6 nitrogen and oxygen atoms in total. The molecule has 0 aliphatic carbocycles. The van der Waals surface area contributed by atoms with Crippen molar-refractivity contribution in [2.75, 3.05) is 29.5 Å². The summed E-state index contributed by atoms with van der Waals surface area (Å²) in [5, 5.41) is 2.79. The zero-order valence-corrected chi connectivity index (χ0v) is 16.0. The van der Waals surface area contributed by atoms with E-state index in [1.54, 1.807) is 24.3 Å². The topological polar surface area (TPSA) is 75.7 Å². The molecule has 0 atom stereocenters. The van der Waals surface area contributed by atoms with Gasteiger partial charge in [0.25, 0.3) is 0 Å². The van der Waals surface area contributed by atoms with E-state index in [4.69, 9.17) is 4.74 Å². The predicted molar refractivity (Wildman–Crippen MR) is 104 cm³/mol. The summed E-state index contributed by atoms with van der Waals surface area (Å²) in [5.41, 5.74) is 2.34. The molecule has 1 amide bonds. The van der Waals surface area contributed by atoms with Crippen LogP contribution in [0.15, 0.2) is 48.5 Å². The summed E-state index contributed by atoms with van der Waals surface area (Å²) in [4.78, 5) is 12.2. The minimum absolute atomic E-state index is 0.0415. The second-order valence-electron chi connectivity index (χ2n) is 5.89. The van der Waals surface area contributed by atoms with Crippen molar-refractivity contribution in [3.8, 4) is 5.75 Å². The molecule has 0 saturated heterocycles. The fraction of sp³-hybridized carbons (Fsp3) is 0.316. The minimum Gasteiger partial charge on any atom is -0.497 e. The molecule has 0 aliphatic rings. The molecule has 0 saturated carbocycles. The zero-order chi connectivity index (χ0) is 19.2. The molecule has 0 fully saturated rings. The Morgan fingerprint density at radius 3 is 2.42 bits per heavy atom. The number of carbonyl (C=O) groups is 1. The highest BCUT2D eigenvalue weighted by molar-refractivity contribution is 7.92. The molecule has 0 radical (unpaired) electrons. The fourth-order valence-corrected chi connectivity index (χ4v) is 3.42. The number of carbonyl (C=O) groups excluding carboxylic acids is 1. The third kappa shape index (κ3) is 5.49. The van der Waals surface area contributed by atoms with Gasteiger partial charge in [-0.15, -0.1) is 0 Å². The lowest BCUT2D eigenvalue weighted by Crippen LogP contribution is -2.33. The highest BCUT2D eigenvalue weighted by Crippen LogP contribution is 2.23. The molecule has 2 rings (SSSR count). The number of methoxy groups -OCH3 is 1. The Morgan fingerprint density at radius 2 is 1.85 bits per heavy atom. The minimum atomic E-state index is -3.52. The van der Waals surface area contributed by atoms with Crippen LogP contribution < -0.4 is 14.4 Å². The smallest absolute Gasteiger partial charge is 0.232 e. The van der Waals surface area contributed by atoms with Gasteiger partial charge < -0.3 is 10.1 Å². The Kier molecular flexibility index (Phi) is 6.63. The zero-order valence-electron chi connectivity index (χ0n) is 15.2. The average molecular weight is 376 g/mol. The molecule has 0 spiro atoms. The number of nitrogens with zero attached hydrogens (tertiary/aromatic N) is 1. The second-order valence-corrected chi connectivity index (χ2v) is 7.79. The van der Waals surface area contributed by atoms with Gasteiger partial charge in [0.1, 0.15) is 5.75 Å². The van der Waals surface area contributed by atoms with Gasteiger partial charge in [0.05, 0.1) is 19.1 Å². The van der Waals surface area contributed by atoms with Crippen LogP contribution in [-0.2, 0) is 21.2 Å². The third-order valence-corrected chi connectivity index (χ3v) is 5.12. The van der Waals surface area contributed by atoms with Crippen LogP contribution in [-0.4, -0.2) is 34.2 Å². The summed E-state index contributed by atoms with van der Waals surface area (Å²) < 4.78 is 30.6. The van der Waals surface area contributed by atoms with Gasteiger partial charge in [0.15, 0.2) is 0 Å². The van der Waals surface area contributed by atoms with Gasteiger partial charge in [0, 0.05) is 24.7 Å². The number of rotatable bonds is 8. The molecule has 2 aromatic carbocycles. The van der Waals surface area contributed by atoms with Gasteiger partial charge in [-0.25, -0.2) is 8.42 Å². The van der Waals surface area contributed by atoms with Crippen molar-refractivity contribution >= 4 is 27.3 Å². The first-order chi connectivity index (χ1) is 12.3. The van der Waals surface area contributed by atoms with E-state index in [0.717, 1.165) is 12.7 Å². The average Bonchev–Trinajstić information content (AvgIpc) is 2.61. The summed E-state index contributed by atoms with van der Waals surface area (Å²) in [7, 11) is -2.01. The number of nitrogens with one attached hydrogen (secondary N) is 1. The van der Waals surface area contributed by atoms with Crippen molar-refractivity contribution in [2.24, 2.45) is 0 Å². The van der Waals surface area contributed by atoms with Gasteiger partial charge in [0.2, 0.25) is 15.9 Å². The first-order valence-electron chi connectivity index (χ1n) is 8.34. The van der Waals surface area contributed by atoms with Gasteiger partial charge in [-0.1, -0.05) is 25.1 Å². The summed E-state index contributed by atoms with van der Waals surface area (Å²) in [5.74, 6) is 0.308. The number of aryl methyl sites for hydroxylation is 1. The highest BCUT2D eigenvalue weighted by atomic mass is 32.2. The molecule has 26 heavy (non-hydrogen) atoms. The van der Waals surface area contributed by atoms with Crippen molar-refractivity contribution in [3.05, 3.63) is 54.1 Å². The van der Waals surface area contributed by atoms with Crippen LogP contribution in [0, 0.1) is 0 Å². The molecule has 2 aromatic rings. The summed E-state index contributed by atoms with van der Waals surface area (Å²) >= 11 is 0. The molecule has 1 N–H and O–H groups in total. The van der Waals surface area contributed by atoms with Crippen LogP contribution in [0.2, 0.25) is 0 Å². The van der Waals surface area contributed by atoms with Gasteiger partial charge in [-0.3, -0.25) is 9.10 Å².